The van der Waals surface area contributed by atoms with Crippen molar-refractivity contribution >= 4 is 28.4 Å². The number of aromatic amines is 3. The summed E-state index contributed by atoms with van der Waals surface area (Å²) in [5.41, 5.74) is -3.20. The Bertz CT molecular complexity index is 1400. The third kappa shape index (κ3) is 2.88. The first-order valence-electron chi connectivity index (χ1n) is 8.63. The molecule has 8 N–H and O–H groups in total. The molecule has 1 aliphatic rings. The molecule has 0 fully saturated rings. The third-order valence-electron chi connectivity index (χ3n) is 4.37. The predicted molar refractivity (Wildman–Crippen MR) is 105 cm³/mol. The van der Waals surface area contributed by atoms with Gasteiger partial charge in [-0.15, -0.1) is 0 Å². The number of anilines is 2. The van der Waals surface area contributed by atoms with Crippen LogP contribution in [0.2, 0.25) is 0 Å². The van der Waals surface area contributed by atoms with Crippen molar-refractivity contribution in [3.63, 3.8) is 0 Å². The molecule has 14 heteroatoms. The van der Waals surface area contributed by atoms with Gasteiger partial charge in [0, 0.05) is 0 Å². The van der Waals surface area contributed by atoms with Crippen molar-refractivity contribution in [3.05, 3.63) is 43.8 Å². The lowest BCUT2D eigenvalue weighted by Crippen LogP contribution is -2.23. The Hall–Kier alpha value is -4.93. The number of esters is 1. The number of carbonyl (C=O) groups excluding carboxylic acids is 1. The summed E-state index contributed by atoms with van der Waals surface area (Å²) in [7, 11) is 0. The van der Waals surface area contributed by atoms with E-state index in [-0.39, 0.29) is 40.7 Å². The highest BCUT2D eigenvalue weighted by Gasteiger charge is 2.31. The van der Waals surface area contributed by atoms with Crippen LogP contribution in [-0.2, 0) is 9.53 Å². The van der Waals surface area contributed by atoms with E-state index in [0.717, 1.165) is 0 Å². The number of fused-ring (bicyclic) bond motifs is 2. The molecule has 4 rings (SSSR count). The molecule has 0 bridgehead atoms. The average Bonchev–Trinajstić information content (AvgIpc) is 3.32. The third-order valence-corrected chi connectivity index (χ3v) is 4.37. The van der Waals surface area contributed by atoms with Gasteiger partial charge >= 0.3 is 17.4 Å². The van der Waals surface area contributed by atoms with Crippen molar-refractivity contribution < 1.29 is 24.9 Å². The number of aromatic nitrogens is 4. The maximum absolute atomic E-state index is 12.1. The predicted octanol–water partition coefficient (Wildman–Crippen LogP) is 0.212. The van der Waals surface area contributed by atoms with Crippen LogP contribution in [0, 0.1) is 6.57 Å². The van der Waals surface area contributed by atoms with Crippen LogP contribution in [-0.4, -0.2) is 47.8 Å². The lowest BCUT2D eigenvalue weighted by atomic mass is 10.2. The average molecular weight is 427 g/mol. The van der Waals surface area contributed by atoms with Gasteiger partial charge in [-0.1, -0.05) is 0 Å². The summed E-state index contributed by atoms with van der Waals surface area (Å²) in [6.45, 7) is 8.82. The number of aromatic hydroxyl groups is 3. The van der Waals surface area contributed by atoms with Crippen molar-refractivity contribution in [1.82, 2.24) is 19.9 Å². The van der Waals surface area contributed by atoms with Crippen molar-refractivity contribution in [1.29, 1.82) is 0 Å². The summed E-state index contributed by atoms with van der Waals surface area (Å²) in [5.74, 6) is -2.98. The van der Waals surface area contributed by atoms with Gasteiger partial charge in [0.2, 0.25) is 5.88 Å². The van der Waals surface area contributed by atoms with Crippen LogP contribution in [0.3, 0.4) is 0 Å². The maximum atomic E-state index is 12.1. The number of rotatable bonds is 3. The summed E-state index contributed by atoms with van der Waals surface area (Å²) in [5, 5.41) is 36.5. The molecule has 0 amide bonds. The van der Waals surface area contributed by atoms with E-state index in [9.17, 15) is 29.7 Å². The molecule has 3 aromatic rings. The molecule has 0 spiro atoms. The van der Waals surface area contributed by atoms with E-state index in [0.29, 0.717) is 0 Å². The van der Waals surface area contributed by atoms with E-state index in [1.165, 1.54) is 0 Å². The number of nitrogens with zero attached hydrogens (tertiary/aromatic N) is 2. The van der Waals surface area contributed by atoms with Gasteiger partial charge in [-0.25, -0.2) is 14.6 Å². The van der Waals surface area contributed by atoms with E-state index in [2.05, 4.69) is 25.4 Å². The molecule has 0 radical (unpaired) electrons. The minimum atomic E-state index is -0.954. The zero-order valence-electron chi connectivity index (χ0n) is 15.6. The van der Waals surface area contributed by atoms with Crippen LogP contribution < -0.4 is 21.9 Å². The van der Waals surface area contributed by atoms with Crippen LogP contribution in [0.5, 0.6) is 17.4 Å². The standard InChI is InChI=1S/C17H13N7O7/c1-3-31-16(29)9(18-2)13-21-7-8(22-13)11(26)6-5(10(7)25)19-12(20-6)4-14(27)23-17(30)24-15(4)28/h21-22,25-26H,3H2,1H3,(H,19,20)(H3,23,24,27,28,30). The minimum Gasteiger partial charge on any atom is -0.504 e. The van der Waals surface area contributed by atoms with Crippen molar-refractivity contribution in [2.75, 3.05) is 17.2 Å². The van der Waals surface area contributed by atoms with Gasteiger partial charge in [0.05, 0.1) is 13.2 Å². The van der Waals surface area contributed by atoms with Crippen LogP contribution in [0.1, 0.15) is 6.92 Å². The van der Waals surface area contributed by atoms with Gasteiger partial charge in [0.25, 0.3) is 5.56 Å². The van der Waals surface area contributed by atoms with Gasteiger partial charge in [-0.05, 0) is 6.92 Å². The topological polar surface area (TPSA) is 210 Å². The van der Waals surface area contributed by atoms with E-state index in [4.69, 9.17) is 11.3 Å². The van der Waals surface area contributed by atoms with Gasteiger partial charge in [0.15, 0.2) is 11.5 Å². The number of imidazole rings is 1. The van der Waals surface area contributed by atoms with Crippen molar-refractivity contribution in [3.8, 4) is 28.8 Å². The molecule has 31 heavy (non-hydrogen) atoms. The lowest BCUT2D eigenvalue weighted by molar-refractivity contribution is -0.138. The number of benzene rings is 1. The fourth-order valence-electron chi connectivity index (χ4n) is 3.05. The number of H-pyrrole nitrogens is 3. The molecule has 0 aliphatic carbocycles. The van der Waals surface area contributed by atoms with Crippen molar-refractivity contribution in [2.24, 2.45) is 0 Å². The van der Waals surface area contributed by atoms with Crippen LogP contribution in [0.15, 0.2) is 21.1 Å². The monoisotopic (exact) mass is 427 g/mol. The summed E-state index contributed by atoms with van der Waals surface area (Å²) >= 11 is 0. The Labute approximate surface area is 170 Å². The normalized spacial score (nSPS) is 13.8. The highest BCUT2D eigenvalue weighted by molar-refractivity contribution is 6.06. The number of phenolic OH excluding ortho intramolecular Hbond substituents is 2. The van der Waals surface area contributed by atoms with Crippen LogP contribution in [0.4, 0.5) is 11.4 Å². The maximum Gasteiger partial charge on any atom is 0.340 e. The van der Waals surface area contributed by atoms with Gasteiger partial charge in [0.1, 0.15) is 39.6 Å². The fourth-order valence-corrected chi connectivity index (χ4v) is 3.05. The highest BCUT2D eigenvalue weighted by atomic mass is 16.5. The quantitative estimate of drug-likeness (QED) is 0.0936. The Kier molecular flexibility index (Phi) is 4.28. The largest absolute Gasteiger partial charge is 0.504 e. The number of hydrogen-bond donors (Lipinski definition) is 8. The molecule has 3 heterocycles. The Morgan fingerprint density at radius 1 is 1.10 bits per heavy atom. The number of phenols is 2. The molecular weight excluding hydrogens is 414 g/mol. The smallest absolute Gasteiger partial charge is 0.340 e. The van der Waals surface area contributed by atoms with E-state index in [1.807, 2.05) is 9.97 Å². The molecule has 158 valence electrons. The highest BCUT2D eigenvalue weighted by Crippen LogP contribution is 2.50. The first-order chi connectivity index (χ1) is 14.8. The number of ether oxygens (including phenoxy) is 1. The number of carbonyl (C=O) groups is 1. The molecule has 0 saturated heterocycles. The Balaban J connectivity index is 1.88. The molecule has 2 aromatic heterocycles. The SMILES string of the molecule is [C-]#[N+]C(C(=O)OCC)=C1Nc2c(c(O)c3[nH]c(-c4c(O)[nH]c(=O)[nH]c4=O)nc3c2O)N1. The Morgan fingerprint density at radius 3 is 2.39 bits per heavy atom. The number of hydrogen-bond acceptors (Lipinski definition) is 10. The molecule has 0 saturated carbocycles. The first-order valence-corrected chi connectivity index (χ1v) is 8.63. The second-order valence-corrected chi connectivity index (χ2v) is 6.19. The van der Waals surface area contributed by atoms with Crippen LogP contribution >= 0.6 is 0 Å². The minimum absolute atomic E-state index is 0.0427. The lowest BCUT2D eigenvalue weighted by Gasteiger charge is -2.05. The van der Waals surface area contributed by atoms with Gasteiger partial charge in [-0.2, -0.15) is 0 Å². The van der Waals surface area contributed by atoms with Gasteiger partial charge in [-0.3, -0.25) is 19.6 Å². The molecular formula is C17H13N7O7. The molecule has 1 aliphatic heterocycles. The zero-order chi connectivity index (χ0) is 22.4. The van der Waals surface area contributed by atoms with E-state index in [1.54, 1.807) is 6.92 Å². The molecule has 0 unspecified atom stereocenters. The second kappa shape index (κ2) is 6.84. The van der Waals surface area contributed by atoms with Crippen molar-refractivity contribution in [2.45, 2.75) is 6.92 Å². The summed E-state index contributed by atoms with van der Waals surface area (Å²) < 4.78 is 4.81. The summed E-state index contributed by atoms with van der Waals surface area (Å²) in [4.78, 5) is 48.9. The summed E-state index contributed by atoms with van der Waals surface area (Å²) in [6.07, 6.45) is 0. The first kappa shape index (κ1) is 19.4. The summed E-state index contributed by atoms with van der Waals surface area (Å²) in [6, 6.07) is 0. The zero-order valence-corrected chi connectivity index (χ0v) is 15.6. The molecule has 0 atom stereocenters. The molecule has 14 nitrogen and oxygen atoms in total. The van der Waals surface area contributed by atoms with Crippen LogP contribution in [0.25, 0.3) is 27.3 Å². The van der Waals surface area contributed by atoms with Gasteiger partial charge < -0.3 is 35.7 Å². The second-order valence-electron chi connectivity index (χ2n) is 6.19. The number of nitrogens with one attached hydrogen (secondary N) is 5. The Morgan fingerprint density at radius 2 is 1.77 bits per heavy atom. The van der Waals surface area contributed by atoms with E-state index >= 15 is 0 Å². The van der Waals surface area contributed by atoms with E-state index < -0.39 is 45.9 Å². The molecule has 1 aromatic carbocycles. The fraction of sp³-hybridized carbons (Fsp3) is 0.118.